The highest BCUT2D eigenvalue weighted by Crippen LogP contribution is 2.40. The van der Waals surface area contributed by atoms with Gasteiger partial charge in [-0.25, -0.2) is 9.59 Å². The molecule has 1 aromatic rings. The van der Waals surface area contributed by atoms with Crippen LogP contribution in [0.4, 0.5) is 0 Å². The fraction of sp³-hybridized carbons (Fsp3) is 0.250. The first-order chi connectivity index (χ1) is 10.7. The zero-order chi connectivity index (χ0) is 19.8. The second-order valence-corrected chi connectivity index (χ2v) is 7.85. The van der Waals surface area contributed by atoms with E-state index in [1.54, 1.807) is 0 Å². The van der Waals surface area contributed by atoms with Gasteiger partial charge in [-0.3, -0.25) is 0 Å². The van der Waals surface area contributed by atoms with Crippen molar-refractivity contribution in [3.05, 3.63) is 53.3 Å². The molecule has 24 heavy (non-hydrogen) atoms. The third-order valence-corrected chi connectivity index (χ3v) is 7.46. The molecule has 0 amide bonds. The van der Waals surface area contributed by atoms with Gasteiger partial charge >= 0.3 is 11.9 Å². The van der Waals surface area contributed by atoms with Crippen LogP contribution in [0.2, 0.25) is 0 Å². The van der Waals surface area contributed by atoms with E-state index in [-0.39, 0.29) is 11.1 Å². The molecule has 0 fully saturated rings. The summed E-state index contributed by atoms with van der Waals surface area (Å²) in [4.78, 5) is 19.2. The number of halogens is 4. The summed E-state index contributed by atoms with van der Waals surface area (Å²) < 4.78 is 4.43. The molecule has 0 saturated carbocycles. The zero-order valence-corrected chi connectivity index (χ0v) is 20.0. The van der Waals surface area contributed by atoms with Crippen LogP contribution in [0.3, 0.4) is 0 Å². The molecule has 0 aliphatic carbocycles. The van der Waals surface area contributed by atoms with E-state index in [4.69, 9.17) is 10.2 Å². The average Bonchev–Trinajstić information content (AvgIpc) is 2.50. The fourth-order valence-electron chi connectivity index (χ4n) is 0.851. The van der Waals surface area contributed by atoms with Crippen LogP contribution in [0.25, 0.3) is 0 Å². The third-order valence-electron chi connectivity index (χ3n) is 2.43. The Balaban J connectivity index is 0. The molecule has 134 valence electrons. The van der Waals surface area contributed by atoms with Gasteiger partial charge in [0.15, 0.2) is 0 Å². The van der Waals surface area contributed by atoms with E-state index < -0.39 is 11.9 Å². The van der Waals surface area contributed by atoms with E-state index in [1.165, 1.54) is 25.0 Å². The summed E-state index contributed by atoms with van der Waals surface area (Å²) >= 11 is 14.1. The van der Waals surface area contributed by atoms with E-state index in [2.05, 4.69) is 90.7 Å². The van der Waals surface area contributed by atoms with E-state index in [9.17, 15) is 9.59 Å². The lowest BCUT2D eigenvalue weighted by atomic mass is 10.2. The molecule has 1 rings (SSSR count). The van der Waals surface area contributed by atoms with Crippen LogP contribution in [0.1, 0.15) is 25.0 Å². The number of carboxylic acids is 2. The summed E-state index contributed by atoms with van der Waals surface area (Å²) in [6.07, 6.45) is 0. The highest BCUT2D eigenvalue weighted by molar-refractivity contribution is 9.14. The second kappa shape index (κ2) is 12.0. The standard InChI is InChI=1S/C8H6Br4.2C4H6O2/c1-3-5(9)7(11)4(2)8(12)6(3)10;2*1-3(2)4(5)6/h1-2H3;2*1H2,2H3,(H,5,6). The molecule has 0 atom stereocenters. The Labute approximate surface area is 175 Å². The summed E-state index contributed by atoms with van der Waals surface area (Å²) in [5.41, 5.74) is 2.74. The fourth-order valence-corrected chi connectivity index (χ4v) is 3.37. The van der Waals surface area contributed by atoms with Gasteiger partial charge < -0.3 is 10.2 Å². The van der Waals surface area contributed by atoms with Crippen LogP contribution in [-0.2, 0) is 9.59 Å². The molecule has 0 unspecified atom stereocenters. The number of carboxylic acid groups (broad SMARTS) is 2. The van der Waals surface area contributed by atoms with Gasteiger partial charge in [-0.2, -0.15) is 0 Å². The summed E-state index contributed by atoms with van der Waals surface area (Å²) in [7, 11) is 0. The summed E-state index contributed by atoms with van der Waals surface area (Å²) in [6, 6.07) is 0. The van der Waals surface area contributed by atoms with Crippen LogP contribution < -0.4 is 0 Å². The number of carbonyl (C=O) groups is 2. The molecule has 0 heterocycles. The monoisotopic (exact) mass is 590 g/mol. The molecule has 0 spiro atoms. The Kier molecular flexibility index (Phi) is 12.9. The van der Waals surface area contributed by atoms with E-state index >= 15 is 0 Å². The van der Waals surface area contributed by atoms with Crippen LogP contribution in [0.15, 0.2) is 42.2 Å². The molecule has 4 nitrogen and oxygen atoms in total. The number of rotatable bonds is 2. The van der Waals surface area contributed by atoms with Crippen LogP contribution >= 0.6 is 63.7 Å². The summed E-state index contributed by atoms with van der Waals surface area (Å²) in [5, 5.41) is 15.8. The van der Waals surface area contributed by atoms with Gasteiger partial charge in [0.25, 0.3) is 0 Å². The van der Waals surface area contributed by atoms with Crippen LogP contribution in [-0.4, -0.2) is 22.2 Å². The quantitative estimate of drug-likeness (QED) is 0.298. The van der Waals surface area contributed by atoms with Crippen molar-refractivity contribution in [1.82, 2.24) is 0 Å². The van der Waals surface area contributed by atoms with Crippen molar-refractivity contribution in [2.75, 3.05) is 0 Å². The lowest BCUT2D eigenvalue weighted by Gasteiger charge is -2.10. The van der Waals surface area contributed by atoms with E-state index in [1.807, 2.05) is 0 Å². The SMILES string of the molecule is C=C(C)C(=O)O.C=C(C)C(=O)O.Cc1c(Br)c(Br)c(C)c(Br)c1Br. The second-order valence-electron chi connectivity index (χ2n) is 4.68. The highest BCUT2D eigenvalue weighted by atomic mass is 79.9. The van der Waals surface area contributed by atoms with Crippen molar-refractivity contribution in [3.63, 3.8) is 0 Å². The number of hydrogen-bond donors (Lipinski definition) is 2. The van der Waals surface area contributed by atoms with Gasteiger partial charge in [-0.15, -0.1) is 0 Å². The van der Waals surface area contributed by atoms with Crippen molar-refractivity contribution < 1.29 is 19.8 Å². The predicted molar refractivity (Wildman–Crippen MR) is 112 cm³/mol. The minimum Gasteiger partial charge on any atom is -0.478 e. The third kappa shape index (κ3) is 9.15. The average molecular weight is 594 g/mol. The van der Waals surface area contributed by atoms with Gasteiger partial charge in [0, 0.05) is 29.0 Å². The molecular weight excluding hydrogens is 576 g/mol. The van der Waals surface area contributed by atoms with Gasteiger partial charge in [0.1, 0.15) is 0 Å². The molecule has 2 N–H and O–H groups in total. The van der Waals surface area contributed by atoms with E-state index in [0.717, 1.165) is 17.9 Å². The maximum atomic E-state index is 9.60. The molecular formula is C16H18Br4O4. The van der Waals surface area contributed by atoms with Gasteiger partial charge in [-0.05, 0) is 103 Å². The van der Waals surface area contributed by atoms with Crippen molar-refractivity contribution >= 4 is 75.7 Å². The normalized spacial score (nSPS) is 9.00. The molecule has 0 aromatic heterocycles. The molecule has 0 saturated heterocycles. The molecule has 0 radical (unpaired) electrons. The molecule has 0 bridgehead atoms. The molecule has 1 aromatic carbocycles. The number of hydrogen-bond acceptors (Lipinski definition) is 2. The van der Waals surface area contributed by atoms with Crippen molar-refractivity contribution in [2.45, 2.75) is 27.7 Å². The molecule has 8 heteroatoms. The van der Waals surface area contributed by atoms with Gasteiger partial charge in [0.05, 0.1) is 0 Å². The minimum absolute atomic E-state index is 0.176. The minimum atomic E-state index is -0.935. The van der Waals surface area contributed by atoms with Crippen LogP contribution in [0, 0.1) is 13.8 Å². The Bertz CT molecular complexity index is 514. The predicted octanol–water partition coefficient (Wildman–Crippen LogP) is 6.65. The van der Waals surface area contributed by atoms with Crippen molar-refractivity contribution in [2.24, 2.45) is 0 Å². The Morgan fingerprint density at radius 1 is 0.708 bits per heavy atom. The lowest BCUT2D eigenvalue weighted by molar-refractivity contribution is -0.133. The number of benzene rings is 1. The highest BCUT2D eigenvalue weighted by Gasteiger charge is 2.12. The molecule has 0 aliphatic rings. The first kappa shape index (κ1) is 25.8. The smallest absolute Gasteiger partial charge is 0.330 e. The van der Waals surface area contributed by atoms with E-state index in [0.29, 0.717) is 0 Å². The van der Waals surface area contributed by atoms with Crippen LogP contribution in [0.5, 0.6) is 0 Å². The Morgan fingerprint density at radius 3 is 0.917 bits per heavy atom. The zero-order valence-electron chi connectivity index (χ0n) is 13.6. The van der Waals surface area contributed by atoms with Crippen molar-refractivity contribution in [3.8, 4) is 0 Å². The Hall–Kier alpha value is -0.440. The molecule has 0 aliphatic heterocycles. The maximum Gasteiger partial charge on any atom is 0.330 e. The van der Waals surface area contributed by atoms with Gasteiger partial charge in [0.2, 0.25) is 0 Å². The maximum absolute atomic E-state index is 9.60. The first-order valence-corrected chi connectivity index (χ1v) is 9.49. The van der Waals surface area contributed by atoms with Gasteiger partial charge in [-0.1, -0.05) is 13.2 Å². The Morgan fingerprint density at radius 2 is 0.833 bits per heavy atom. The van der Waals surface area contributed by atoms with Crippen molar-refractivity contribution in [1.29, 1.82) is 0 Å². The lowest BCUT2D eigenvalue weighted by Crippen LogP contribution is -1.92. The number of aliphatic carboxylic acids is 2. The summed E-state index contributed by atoms with van der Waals surface area (Å²) in [5.74, 6) is -1.87. The summed E-state index contributed by atoms with van der Waals surface area (Å²) in [6.45, 7) is 13.3. The first-order valence-electron chi connectivity index (χ1n) is 6.32. The topological polar surface area (TPSA) is 74.6 Å². The largest absolute Gasteiger partial charge is 0.478 e.